The molecule has 2 aromatic carbocycles. The third-order valence-corrected chi connectivity index (χ3v) is 4.52. The van der Waals surface area contributed by atoms with Crippen LogP contribution < -0.4 is 5.69 Å². The van der Waals surface area contributed by atoms with E-state index in [-0.39, 0.29) is 5.69 Å². The first-order valence-electron chi connectivity index (χ1n) is 6.00. The minimum atomic E-state index is -1.01. The van der Waals surface area contributed by atoms with Gasteiger partial charge in [0.25, 0.3) is 0 Å². The van der Waals surface area contributed by atoms with Gasteiger partial charge in [0.05, 0.1) is 15.5 Å². The van der Waals surface area contributed by atoms with Gasteiger partial charge in [-0.3, -0.25) is 0 Å². The Hall–Kier alpha value is -1.44. The van der Waals surface area contributed by atoms with Crippen molar-refractivity contribution in [1.82, 2.24) is 9.97 Å². The van der Waals surface area contributed by atoms with Crippen molar-refractivity contribution >= 4 is 42.9 Å². The van der Waals surface area contributed by atoms with E-state index in [1.807, 2.05) is 0 Å². The Labute approximate surface area is 135 Å². The van der Waals surface area contributed by atoms with Gasteiger partial charge in [-0.05, 0) is 45.8 Å². The highest BCUT2D eigenvalue weighted by Gasteiger charge is 2.17. The van der Waals surface area contributed by atoms with Gasteiger partial charge < -0.3 is 15.1 Å². The molecule has 3 rings (SSSR count). The van der Waals surface area contributed by atoms with Crippen LogP contribution in [0.15, 0.2) is 44.1 Å². The van der Waals surface area contributed by atoms with Crippen molar-refractivity contribution in [3.63, 3.8) is 0 Å². The smallest absolute Gasteiger partial charge is 0.323 e. The minimum Gasteiger partial charge on any atom is -0.384 e. The lowest BCUT2D eigenvalue weighted by atomic mass is 10.0. The van der Waals surface area contributed by atoms with Gasteiger partial charge in [-0.15, -0.1) is 0 Å². The van der Waals surface area contributed by atoms with Crippen LogP contribution >= 0.6 is 31.9 Å². The number of hydrogen-bond donors (Lipinski definition) is 3. The topological polar surface area (TPSA) is 68.9 Å². The Bertz CT molecular complexity index is 888. The number of nitrogens with one attached hydrogen (secondary N) is 2. The highest BCUT2D eigenvalue weighted by atomic mass is 79.9. The summed E-state index contributed by atoms with van der Waals surface area (Å²) < 4.78 is 14.6. The van der Waals surface area contributed by atoms with Crippen molar-refractivity contribution in [2.45, 2.75) is 6.10 Å². The van der Waals surface area contributed by atoms with Crippen molar-refractivity contribution in [2.24, 2.45) is 0 Å². The normalized spacial score (nSPS) is 12.8. The number of aliphatic hydroxyl groups is 1. The Morgan fingerprint density at radius 3 is 2.38 bits per heavy atom. The van der Waals surface area contributed by atoms with Gasteiger partial charge in [0.1, 0.15) is 11.9 Å². The summed E-state index contributed by atoms with van der Waals surface area (Å²) in [6, 6.07) is 7.79. The summed E-state index contributed by atoms with van der Waals surface area (Å²) in [5.41, 5.74) is 1.85. The summed E-state index contributed by atoms with van der Waals surface area (Å²) in [4.78, 5) is 16.6. The molecule has 1 atom stereocenters. The number of fused-ring (bicyclic) bond motifs is 1. The fourth-order valence-electron chi connectivity index (χ4n) is 2.14. The van der Waals surface area contributed by atoms with Crippen LogP contribution in [0.1, 0.15) is 17.2 Å². The van der Waals surface area contributed by atoms with Crippen LogP contribution in [0.2, 0.25) is 0 Å². The second-order valence-corrected chi connectivity index (χ2v) is 6.28. The van der Waals surface area contributed by atoms with Crippen molar-refractivity contribution in [2.75, 3.05) is 0 Å². The number of halogens is 3. The van der Waals surface area contributed by atoms with E-state index in [0.29, 0.717) is 31.1 Å². The number of aromatic nitrogens is 2. The maximum atomic E-state index is 13.6. The highest BCUT2D eigenvalue weighted by molar-refractivity contribution is 9.10. The van der Waals surface area contributed by atoms with Crippen molar-refractivity contribution in [3.05, 3.63) is 66.7 Å². The molecule has 7 heteroatoms. The van der Waals surface area contributed by atoms with Gasteiger partial charge >= 0.3 is 5.69 Å². The summed E-state index contributed by atoms with van der Waals surface area (Å²) in [7, 11) is 0. The van der Waals surface area contributed by atoms with Crippen molar-refractivity contribution in [3.8, 4) is 0 Å². The zero-order chi connectivity index (χ0) is 15.1. The molecular formula is C14H9Br2FN2O2. The number of H-pyrrole nitrogens is 2. The minimum absolute atomic E-state index is 0.321. The molecule has 3 aromatic rings. The monoisotopic (exact) mass is 414 g/mol. The molecule has 1 heterocycles. The second kappa shape index (κ2) is 5.40. The number of benzene rings is 2. The zero-order valence-corrected chi connectivity index (χ0v) is 13.6. The zero-order valence-electron chi connectivity index (χ0n) is 10.5. The molecular weight excluding hydrogens is 407 g/mol. The van der Waals surface area contributed by atoms with Crippen LogP contribution in [0.5, 0.6) is 0 Å². The van der Waals surface area contributed by atoms with Gasteiger partial charge in [-0.25, -0.2) is 9.18 Å². The number of aromatic amines is 2. The lowest BCUT2D eigenvalue weighted by Gasteiger charge is -2.14. The summed E-state index contributed by atoms with van der Waals surface area (Å²) in [6.07, 6.45) is -1.01. The van der Waals surface area contributed by atoms with Gasteiger partial charge in [0.15, 0.2) is 0 Å². The van der Waals surface area contributed by atoms with Gasteiger partial charge in [-0.1, -0.05) is 22.0 Å². The summed E-state index contributed by atoms with van der Waals surface area (Å²) in [5, 5.41) is 10.4. The van der Waals surface area contributed by atoms with E-state index in [0.717, 1.165) is 0 Å². The van der Waals surface area contributed by atoms with Crippen LogP contribution in [0, 0.1) is 5.82 Å². The molecule has 1 unspecified atom stereocenters. The van der Waals surface area contributed by atoms with Gasteiger partial charge in [0.2, 0.25) is 0 Å². The molecule has 0 saturated carbocycles. The van der Waals surface area contributed by atoms with Crippen LogP contribution in [0.25, 0.3) is 11.0 Å². The van der Waals surface area contributed by atoms with E-state index < -0.39 is 11.9 Å². The van der Waals surface area contributed by atoms with Crippen molar-refractivity contribution < 1.29 is 9.50 Å². The molecule has 0 spiro atoms. The van der Waals surface area contributed by atoms with Crippen LogP contribution in [0.3, 0.4) is 0 Å². The summed E-state index contributed by atoms with van der Waals surface area (Å²) in [5.74, 6) is -0.446. The van der Waals surface area contributed by atoms with Crippen LogP contribution in [0.4, 0.5) is 4.39 Å². The lowest BCUT2D eigenvalue weighted by molar-refractivity contribution is 0.219. The third-order valence-electron chi connectivity index (χ3n) is 3.19. The maximum absolute atomic E-state index is 13.6. The molecule has 4 nitrogen and oxygen atoms in total. The molecule has 1 aromatic heterocycles. The molecule has 3 N–H and O–H groups in total. The molecule has 0 saturated heterocycles. The Morgan fingerprint density at radius 1 is 1.05 bits per heavy atom. The number of aliphatic hydroxyl groups excluding tert-OH is 1. The first kappa shape index (κ1) is 14.5. The molecule has 108 valence electrons. The molecule has 0 aliphatic heterocycles. The van der Waals surface area contributed by atoms with Crippen LogP contribution in [-0.2, 0) is 0 Å². The van der Waals surface area contributed by atoms with E-state index in [9.17, 15) is 14.3 Å². The van der Waals surface area contributed by atoms with Crippen molar-refractivity contribution in [1.29, 1.82) is 0 Å². The molecule has 21 heavy (non-hydrogen) atoms. The molecule has 0 amide bonds. The first-order chi connectivity index (χ1) is 9.95. The van der Waals surface area contributed by atoms with E-state index >= 15 is 0 Å². The van der Waals surface area contributed by atoms with E-state index in [1.165, 1.54) is 6.07 Å². The Morgan fingerprint density at radius 2 is 1.71 bits per heavy atom. The fraction of sp³-hybridized carbons (Fsp3) is 0.0714. The average molecular weight is 416 g/mol. The lowest BCUT2D eigenvalue weighted by Crippen LogP contribution is -2.01. The predicted octanol–water partition coefficient (Wildman–Crippen LogP) is 3.60. The van der Waals surface area contributed by atoms with E-state index in [2.05, 4.69) is 41.8 Å². The largest absolute Gasteiger partial charge is 0.384 e. The molecule has 0 radical (unpaired) electrons. The molecule has 0 aliphatic rings. The maximum Gasteiger partial charge on any atom is 0.323 e. The highest BCUT2D eigenvalue weighted by Crippen LogP contribution is 2.32. The molecule has 0 aliphatic carbocycles. The van der Waals surface area contributed by atoms with Gasteiger partial charge in [-0.2, -0.15) is 0 Å². The molecule has 0 fully saturated rings. The molecule has 0 bridgehead atoms. The average Bonchev–Trinajstić information content (AvgIpc) is 2.79. The SMILES string of the molecule is O=c1[nH]c2cc(Br)c(C(O)c3ccc(Br)c(F)c3)cc2[nH]1. The number of imidazole rings is 1. The number of rotatable bonds is 2. The van der Waals surface area contributed by atoms with Crippen LogP contribution in [-0.4, -0.2) is 15.1 Å². The predicted molar refractivity (Wildman–Crippen MR) is 84.8 cm³/mol. The van der Waals surface area contributed by atoms with E-state index in [4.69, 9.17) is 0 Å². The Kier molecular flexibility index (Phi) is 3.73. The quantitative estimate of drug-likeness (QED) is 0.598. The third kappa shape index (κ3) is 2.68. The Balaban J connectivity index is 2.11. The first-order valence-corrected chi connectivity index (χ1v) is 7.59. The fourth-order valence-corrected chi connectivity index (χ4v) is 2.95. The standard InChI is InChI=1S/C14H9Br2FN2O2/c15-8-2-1-6(3-10(8)17)13(20)7-4-11-12(5-9(7)16)19-14(21)18-11/h1-5,13,20H,(H2,18,19,21). The second-order valence-electron chi connectivity index (χ2n) is 4.57. The summed E-state index contributed by atoms with van der Waals surface area (Å²) >= 11 is 6.43. The van der Waals surface area contributed by atoms with Gasteiger partial charge in [0, 0.05) is 10.0 Å². The number of hydrogen-bond acceptors (Lipinski definition) is 2. The summed E-state index contributed by atoms with van der Waals surface area (Å²) in [6.45, 7) is 0. The van der Waals surface area contributed by atoms with E-state index in [1.54, 1.807) is 24.3 Å².